The fraction of sp³-hybridized carbons (Fsp3) is 0.383. The van der Waals surface area contributed by atoms with Gasteiger partial charge in [-0.3, -0.25) is 0 Å². The first-order valence-electron chi connectivity index (χ1n) is 18.2. The van der Waals surface area contributed by atoms with Gasteiger partial charge in [0.1, 0.15) is 0 Å². The van der Waals surface area contributed by atoms with Crippen LogP contribution in [0.2, 0.25) is 0 Å². The van der Waals surface area contributed by atoms with Gasteiger partial charge in [0.05, 0.1) is 0 Å². The largest absolute Gasteiger partial charge is 1.00 e. The molecule has 0 saturated carbocycles. The van der Waals surface area contributed by atoms with Crippen LogP contribution in [0.1, 0.15) is 134 Å². The van der Waals surface area contributed by atoms with Gasteiger partial charge in [-0.25, -0.2) is 0 Å². The molecule has 0 atom stereocenters. The Balaban J connectivity index is 0.00000302. The molecule has 274 valence electrons. The Kier molecular flexibility index (Phi) is 13.1. The van der Waals surface area contributed by atoms with E-state index < -0.39 is 21.3 Å². The van der Waals surface area contributed by atoms with E-state index in [9.17, 15) is 0 Å². The number of rotatable bonds is 4. The zero-order chi connectivity index (χ0) is 36.6. The van der Waals surface area contributed by atoms with Crippen molar-refractivity contribution in [2.75, 3.05) is 0 Å². The quantitative estimate of drug-likeness (QED) is 0.177. The van der Waals surface area contributed by atoms with Crippen LogP contribution in [0.5, 0.6) is 0 Å². The van der Waals surface area contributed by atoms with Gasteiger partial charge in [0.15, 0.2) is 0 Å². The third-order valence-electron chi connectivity index (χ3n) is 10.3. The number of halogens is 4. The van der Waals surface area contributed by atoms with E-state index in [1.807, 2.05) is 0 Å². The number of fused-ring (bicyclic) bond motifs is 3. The zero-order valence-electron chi connectivity index (χ0n) is 33.0. The molecule has 0 radical (unpaired) electrons. The van der Waals surface area contributed by atoms with Crippen molar-refractivity contribution in [2.45, 2.75) is 118 Å². The van der Waals surface area contributed by atoms with Gasteiger partial charge in [-0.15, -0.1) is 0 Å². The molecule has 0 saturated heterocycles. The summed E-state index contributed by atoms with van der Waals surface area (Å²) in [5, 5.41) is 0. The molecule has 0 aliphatic heterocycles. The third-order valence-corrected chi connectivity index (χ3v) is 19.0. The maximum Gasteiger partial charge on any atom is -1.00 e. The predicted octanol–water partition coefficient (Wildman–Crippen LogP) is 7.34. The van der Waals surface area contributed by atoms with Gasteiger partial charge in [0.25, 0.3) is 0 Å². The summed E-state index contributed by atoms with van der Waals surface area (Å²) in [5.41, 5.74) is 14.8. The molecule has 0 fully saturated rings. The van der Waals surface area contributed by atoms with E-state index >= 15 is 0 Å². The molecule has 0 unspecified atom stereocenters. The van der Waals surface area contributed by atoms with Crippen molar-refractivity contribution in [2.24, 2.45) is 0 Å². The van der Waals surface area contributed by atoms with Crippen LogP contribution in [0.25, 0.3) is 11.1 Å². The summed E-state index contributed by atoms with van der Waals surface area (Å²) in [5.74, 6) is 0. The van der Waals surface area contributed by atoms with E-state index in [-0.39, 0.29) is 46.5 Å². The van der Waals surface area contributed by atoms with Crippen molar-refractivity contribution in [1.82, 2.24) is 0 Å². The maximum absolute atomic E-state index is 3.88. The molecule has 0 N–H and O–H groups in total. The van der Waals surface area contributed by atoms with Crippen LogP contribution in [0.3, 0.4) is 0 Å². The van der Waals surface area contributed by atoms with Crippen molar-refractivity contribution in [3.63, 3.8) is 0 Å². The molecule has 4 aromatic rings. The van der Waals surface area contributed by atoms with Crippen LogP contribution in [0.15, 0.2) is 97.2 Å². The third kappa shape index (κ3) is 8.55. The first kappa shape index (κ1) is 43.4. The van der Waals surface area contributed by atoms with Crippen LogP contribution in [0, 0.1) is 0 Å². The normalized spacial score (nSPS) is 13.8. The standard InChI is InChI=1S/C29H41.C13H8Br2.C5H5.2ClH.Zr/c1-26(2,3)22-14-18-13-19-15-23(27(4,5)6)25(29(10,11)12)17-21(19)20(18)16-24(22)28(7,8)9;14-12-5-1-3-10(8-12)7-11-4-2-6-13(15)9-11;1-2-4-5-3-1;;;/h14,16-17H,13H2,1-12H3;1-6,8-9H;1-3H,4H2;2*1H;/q;;;;;+2/p-2. The van der Waals surface area contributed by atoms with Crippen LogP contribution < -0.4 is 28.1 Å². The molecule has 0 heterocycles. The van der Waals surface area contributed by atoms with E-state index in [2.05, 4.69) is 200 Å². The molecule has 6 rings (SSSR count). The maximum atomic E-state index is 3.88. The van der Waals surface area contributed by atoms with Gasteiger partial charge in [0.2, 0.25) is 0 Å². The molecule has 0 amide bonds. The molecule has 0 spiro atoms. The van der Waals surface area contributed by atoms with E-state index in [0.29, 0.717) is 0 Å². The molecule has 52 heavy (non-hydrogen) atoms. The second kappa shape index (κ2) is 15.7. The Morgan fingerprint density at radius 2 is 1.10 bits per heavy atom. The Labute approximate surface area is 351 Å². The summed E-state index contributed by atoms with van der Waals surface area (Å²) in [7, 11) is 0. The minimum absolute atomic E-state index is 0. The van der Waals surface area contributed by atoms with Crippen molar-refractivity contribution in [1.29, 1.82) is 0 Å². The summed E-state index contributed by atoms with van der Waals surface area (Å²) in [6.07, 6.45) is 9.23. The number of benzene rings is 4. The van der Waals surface area contributed by atoms with Gasteiger partial charge in [-0.05, 0) is 0 Å². The average molecular weight is 941 g/mol. The molecule has 2 aliphatic rings. The molecule has 4 aromatic carbocycles. The Hall–Kier alpha value is -1.35. The minimum atomic E-state index is -2.98. The van der Waals surface area contributed by atoms with Crippen molar-refractivity contribution < 1.29 is 46.1 Å². The first-order valence-corrected chi connectivity index (χ1v) is 23.5. The summed E-state index contributed by atoms with van der Waals surface area (Å²) >= 11 is 4.77. The monoisotopic (exact) mass is 936 g/mol. The van der Waals surface area contributed by atoms with Crippen molar-refractivity contribution >= 4 is 38.3 Å². The average Bonchev–Trinajstić information content (AvgIpc) is 3.64. The Bertz CT molecular complexity index is 2060. The van der Waals surface area contributed by atoms with Gasteiger partial charge in [-0.1, -0.05) is 0 Å². The van der Waals surface area contributed by atoms with E-state index in [4.69, 9.17) is 0 Å². The molecular formula is C47H54Br2Cl2Zr. The smallest absolute Gasteiger partial charge is 1.00 e. The molecule has 0 bridgehead atoms. The second-order valence-corrected chi connectivity index (χ2v) is 26.2. The number of hydrogen-bond donors (Lipinski definition) is 0. The number of hydrogen-bond acceptors (Lipinski definition) is 0. The summed E-state index contributed by atoms with van der Waals surface area (Å²) in [6, 6.07) is 26.0. The fourth-order valence-electron chi connectivity index (χ4n) is 8.09. The molecule has 2 aliphatic carbocycles. The van der Waals surface area contributed by atoms with E-state index in [1.54, 1.807) is 20.9 Å². The van der Waals surface area contributed by atoms with Crippen LogP contribution >= 0.6 is 31.9 Å². The molecule has 0 nitrogen and oxygen atoms in total. The van der Waals surface area contributed by atoms with Gasteiger partial charge >= 0.3 is 330 Å². The van der Waals surface area contributed by atoms with Gasteiger partial charge in [-0.2, -0.15) is 0 Å². The predicted molar refractivity (Wildman–Crippen MR) is 222 cm³/mol. The Morgan fingerprint density at radius 3 is 1.54 bits per heavy atom. The van der Waals surface area contributed by atoms with Crippen LogP contribution in [-0.4, -0.2) is 3.21 Å². The van der Waals surface area contributed by atoms with E-state index in [0.717, 1.165) is 21.8 Å². The van der Waals surface area contributed by atoms with E-state index in [1.165, 1.54) is 44.5 Å². The SMILES string of the molecule is CC(C)(C)c1cc2c(cc1C(C)(C)C)-c1cc(C(C)(C)C)c(C(C)(C)C)[c]([Zr+2]([C]3=CC=CC3)=[C](c3cccc(Br)c3)c3cccc(Br)c3)c1C2.[Cl-].[Cl-]. The van der Waals surface area contributed by atoms with Gasteiger partial charge < -0.3 is 24.8 Å². The minimum Gasteiger partial charge on any atom is -1.00 e. The van der Waals surface area contributed by atoms with Gasteiger partial charge in [0, 0.05) is 0 Å². The van der Waals surface area contributed by atoms with Crippen molar-refractivity contribution in [3.05, 3.63) is 142 Å². The first-order chi connectivity index (χ1) is 23.2. The number of allylic oxidation sites excluding steroid dienone is 4. The van der Waals surface area contributed by atoms with Crippen LogP contribution in [-0.2, 0) is 49.3 Å². The second-order valence-electron chi connectivity index (χ2n) is 18.5. The summed E-state index contributed by atoms with van der Waals surface area (Å²) in [6.45, 7) is 29.0. The topological polar surface area (TPSA) is 0 Å². The fourth-order valence-corrected chi connectivity index (χ4v) is 17.9. The Morgan fingerprint density at radius 1 is 0.596 bits per heavy atom. The molecule has 0 aromatic heterocycles. The zero-order valence-corrected chi connectivity index (χ0v) is 40.2. The summed E-state index contributed by atoms with van der Waals surface area (Å²) in [4.78, 5) is 0. The molecular weight excluding hydrogens is 886 g/mol. The van der Waals surface area contributed by atoms with Crippen LogP contribution in [0.4, 0.5) is 0 Å². The van der Waals surface area contributed by atoms with Crippen molar-refractivity contribution in [3.8, 4) is 11.1 Å². The molecule has 5 heteroatoms. The summed E-state index contributed by atoms with van der Waals surface area (Å²) < 4.78 is 7.18.